The zero-order valence-corrected chi connectivity index (χ0v) is 14.7. The molecular formula is C19H28O2S. The van der Waals surface area contributed by atoms with Crippen molar-refractivity contribution in [2.24, 2.45) is 0 Å². The lowest BCUT2D eigenvalue weighted by atomic mass is 10.0. The number of unbranched alkanes of at least 4 members (excludes halogenated alkanes) is 1. The number of aryl methyl sites for hydroxylation is 1. The average Bonchev–Trinajstić information content (AvgIpc) is 2.55. The number of hydrogen-bond donors (Lipinski definition) is 0. The summed E-state index contributed by atoms with van der Waals surface area (Å²) in [5.74, 6) is 1.55. The van der Waals surface area contributed by atoms with Gasteiger partial charge < -0.3 is 4.74 Å². The van der Waals surface area contributed by atoms with Crippen LogP contribution in [0.2, 0.25) is 0 Å². The van der Waals surface area contributed by atoms with Crippen molar-refractivity contribution in [2.75, 3.05) is 12.4 Å². The molecule has 2 nitrogen and oxygen atoms in total. The molecule has 0 spiro atoms. The molecule has 1 aromatic rings. The number of Topliss-reactive ketones (excluding diaryl/α,β-unsaturated/α-hetero) is 1. The van der Waals surface area contributed by atoms with Crippen molar-refractivity contribution < 1.29 is 9.53 Å². The minimum absolute atomic E-state index is 0.214. The second-order valence-electron chi connectivity index (χ2n) is 6.20. The second-order valence-corrected chi connectivity index (χ2v) is 7.48. The van der Waals surface area contributed by atoms with Crippen molar-refractivity contribution in [1.29, 1.82) is 0 Å². The van der Waals surface area contributed by atoms with Crippen molar-refractivity contribution in [3.8, 4) is 5.75 Å². The summed E-state index contributed by atoms with van der Waals surface area (Å²) in [7, 11) is 0. The number of benzene rings is 1. The highest BCUT2D eigenvalue weighted by Gasteiger charge is 2.18. The third-order valence-corrected chi connectivity index (χ3v) is 5.56. The van der Waals surface area contributed by atoms with Crippen LogP contribution in [0.3, 0.4) is 0 Å². The molecule has 1 saturated carbocycles. The minimum atomic E-state index is 0.214. The molecule has 0 aromatic heterocycles. The van der Waals surface area contributed by atoms with E-state index in [1.807, 2.05) is 36.9 Å². The molecule has 0 heterocycles. The monoisotopic (exact) mass is 320 g/mol. The fraction of sp³-hybridized carbons (Fsp3) is 0.632. The van der Waals surface area contributed by atoms with Gasteiger partial charge in [0.2, 0.25) is 0 Å². The van der Waals surface area contributed by atoms with Gasteiger partial charge in [0.15, 0.2) is 5.78 Å². The standard InChI is InChI=1S/C19H28O2S/c1-3-4-12-21-19-11-10-15(2)13-17(19)18(20)14-22-16-8-6-5-7-9-16/h10-11,13,16H,3-9,12,14H2,1-2H3. The Morgan fingerprint density at radius 3 is 2.77 bits per heavy atom. The van der Waals surface area contributed by atoms with Crippen LogP contribution in [0.1, 0.15) is 67.8 Å². The summed E-state index contributed by atoms with van der Waals surface area (Å²) in [6.07, 6.45) is 8.67. The average molecular weight is 320 g/mol. The van der Waals surface area contributed by atoms with Gasteiger partial charge in [0.25, 0.3) is 0 Å². The highest BCUT2D eigenvalue weighted by Crippen LogP contribution is 2.30. The van der Waals surface area contributed by atoms with Crippen LogP contribution in [0.5, 0.6) is 5.75 Å². The molecular weight excluding hydrogens is 292 g/mol. The Balaban J connectivity index is 1.95. The zero-order chi connectivity index (χ0) is 15.8. The van der Waals surface area contributed by atoms with Crippen molar-refractivity contribution in [1.82, 2.24) is 0 Å². The molecule has 122 valence electrons. The first kappa shape index (κ1) is 17.4. The molecule has 0 atom stereocenters. The molecule has 0 amide bonds. The summed E-state index contributed by atoms with van der Waals surface area (Å²) in [6, 6.07) is 5.95. The van der Waals surface area contributed by atoms with Gasteiger partial charge in [-0.05, 0) is 38.3 Å². The molecule has 3 heteroatoms. The highest BCUT2D eigenvalue weighted by atomic mass is 32.2. The maximum absolute atomic E-state index is 12.6. The van der Waals surface area contributed by atoms with Gasteiger partial charge in [-0.25, -0.2) is 0 Å². The van der Waals surface area contributed by atoms with Crippen molar-refractivity contribution >= 4 is 17.5 Å². The lowest BCUT2D eigenvalue weighted by Crippen LogP contribution is -2.13. The number of ether oxygens (including phenoxy) is 1. The molecule has 0 radical (unpaired) electrons. The Morgan fingerprint density at radius 2 is 2.05 bits per heavy atom. The van der Waals surface area contributed by atoms with Crippen molar-refractivity contribution in [3.05, 3.63) is 29.3 Å². The second kappa shape index (κ2) is 9.24. The largest absolute Gasteiger partial charge is 0.493 e. The van der Waals surface area contributed by atoms with Crippen LogP contribution in [-0.2, 0) is 0 Å². The normalized spacial score (nSPS) is 15.7. The van der Waals surface area contributed by atoms with E-state index in [1.165, 1.54) is 32.1 Å². The number of ketones is 1. The van der Waals surface area contributed by atoms with E-state index in [4.69, 9.17) is 4.74 Å². The Hall–Kier alpha value is -0.960. The van der Waals surface area contributed by atoms with E-state index in [9.17, 15) is 4.79 Å². The summed E-state index contributed by atoms with van der Waals surface area (Å²) < 4.78 is 5.82. The number of thioether (sulfide) groups is 1. The minimum Gasteiger partial charge on any atom is -0.493 e. The number of carbonyl (C=O) groups excluding carboxylic acids is 1. The number of carbonyl (C=O) groups is 1. The Bertz CT molecular complexity index is 478. The first-order valence-electron chi connectivity index (χ1n) is 8.59. The molecule has 1 aromatic carbocycles. The highest BCUT2D eigenvalue weighted by molar-refractivity contribution is 8.00. The van der Waals surface area contributed by atoms with E-state index in [1.54, 1.807) is 0 Å². The number of rotatable bonds is 8. The third-order valence-electron chi connectivity index (χ3n) is 4.19. The molecule has 22 heavy (non-hydrogen) atoms. The molecule has 0 aliphatic heterocycles. The lowest BCUT2D eigenvalue weighted by molar-refractivity contribution is 0.101. The molecule has 0 unspecified atom stereocenters. The maximum Gasteiger partial charge on any atom is 0.176 e. The first-order valence-corrected chi connectivity index (χ1v) is 9.64. The Kier molecular flexibility index (Phi) is 7.31. The summed E-state index contributed by atoms with van der Waals surface area (Å²) in [4.78, 5) is 12.6. The predicted molar refractivity (Wildman–Crippen MR) is 95.2 cm³/mol. The Labute approximate surface area is 139 Å². The van der Waals surface area contributed by atoms with Crippen LogP contribution in [-0.4, -0.2) is 23.4 Å². The summed E-state index contributed by atoms with van der Waals surface area (Å²) in [5.41, 5.74) is 1.88. The molecule has 0 N–H and O–H groups in total. The summed E-state index contributed by atoms with van der Waals surface area (Å²) in [5, 5.41) is 0.673. The van der Waals surface area contributed by atoms with Gasteiger partial charge >= 0.3 is 0 Å². The predicted octanol–water partition coefficient (Wildman–Crippen LogP) is 5.42. The molecule has 1 fully saturated rings. The van der Waals surface area contributed by atoms with Crippen molar-refractivity contribution in [2.45, 2.75) is 64.0 Å². The van der Waals surface area contributed by atoms with Gasteiger partial charge in [-0.3, -0.25) is 4.79 Å². The quantitative estimate of drug-likeness (QED) is 0.472. The molecule has 1 aliphatic rings. The van der Waals surface area contributed by atoms with Gasteiger partial charge in [0.05, 0.1) is 17.9 Å². The van der Waals surface area contributed by atoms with Gasteiger partial charge in [0, 0.05) is 5.25 Å². The van der Waals surface area contributed by atoms with Gasteiger partial charge in [-0.2, -0.15) is 11.8 Å². The van der Waals surface area contributed by atoms with E-state index in [-0.39, 0.29) is 5.78 Å². The van der Waals surface area contributed by atoms with Crippen LogP contribution in [0, 0.1) is 6.92 Å². The molecule has 0 saturated heterocycles. The van der Waals surface area contributed by atoms with Gasteiger partial charge in [-0.15, -0.1) is 0 Å². The smallest absolute Gasteiger partial charge is 0.176 e. The number of hydrogen-bond acceptors (Lipinski definition) is 3. The molecule has 2 rings (SSSR count). The van der Waals surface area contributed by atoms with E-state index in [0.717, 1.165) is 29.7 Å². The van der Waals surface area contributed by atoms with Crippen LogP contribution in [0.4, 0.5) is 0 Å². The maximum atomic E-state index is 12.6. The summed E-state index contributed by atoms with van der Waals surface area (Å²) >= 11 is 1.84. The van der Waals surface area contributed by atoms with Gasteiger partial charge in [-0.1, -0.05) is 44.2 Å². The van der Waals surface area contributed by atoms with E-state index in [2.05, 4.69) is 6.92 Å². The van der Waals surface area contributed by atoms with Gasteiger partial charge in [0.1, 0.15) is 5.75 Å². The van der Waals surface area contributed by atoms with E-state index in [0.29, 0.717) is 17.6 Å². The fourth-order valence-electron chi connectivity index (χ4n) is 2.82. The zero-order valence-electron chi connectivity index (χ0n) is 13.9. The van der Waals surface area contributed by atoms with Crippen molar-refractivity contribution in [3.63, 3.8) is 0 Å². The lowest BCUT2D eigenvalue weighted by Gasteiger charge is -2.20. The van der Waals surface area contributed by atoms with Crippen LogP contribution in [0.15, 0.2) is 18.2 Å². The van der Waals surface area contributed by atoms with E-state index < -0.39 is 0 Å². The first-order chi connectivity index (χ1) is 10.7. The van der Waals surface area contributed by atoms with Crippen LogP contribution in [0.25, 0.3) is 0 Å². The molecule has 0 bridgehead atoms. The SMILES string of the molecule is CCCCOc1ccc(C)cc1C(=O)CSC1CCCCC1. The molecule has 1 aliphatic carbocycles. The van der Waals surface area contributed by atoms with Crippen LogP contribution < -0.4 is 4.74 Å². The summed E-state index contributed by atoms with van der Waals surface area (Å²) in [6.45, 7) is 4.86. The van der Waals surface area contributed by atoms with Crippen LogP contribution >= 0.6 is 11.8 Å². The fourth-order valence-corrected chi connectivity index (χ4v) is 4.03. The Morgan fingerprint density at radius 1 is 1.27 bits per heavy atom. The van der Waals surface area contributed by atoms with E-state index >= 15 is 0 Å². The third kappa shape index (κ3) is 5.35. The topological polar surface area (TPSA) is 26.3 Å².